The van der Waals surface area contributed by atoms with Gasteiger partial charge in [0.1, 0.15) is 12.4 Å². The Kier molecular flexibility index (Phi) is 3.77. The minimum Gasteiger partial charge on any atom is -0.487 e. The number of nitrogen functional groups attached to an aromatic ring is 1. The van der Waals surface area contributed by atoms with Gasteiger partial charge in [0, 0.05) is 11.1 Å². The van der Waals surface area contributed by atoms with Gasteiger partial charge in [0.2, 0.25) is 5.95 Å². The molecule has 0 aliphatic rings. The quantitative estimate of drug-likeness (QED) is 0.923. The first-order valence-corrected chi connectivity index (χ1v) is 6.15. The Morgan fingerprint density at radius 3 is 2.89 bits per heavy atom. The predicted octanol–water partition coefficient (Wildman–Crippen LogP) is 3.28. The summed E-state index contributed by atoms with van der Waals surface area (Å²) in [7, 11) is 0. The molecule has 0 amide bonds. The summed E-state index contributed by atoms with van der Waals surface area (Å²) in [4.78, 5) is 4.10. The lowest BCUT2D eigenvalue weighted by Crippen LogP contribution is -2.11. The number of imidazole rings is 1. The van der Waals surface area contributed by atoms with E-state index < -0.39 is 0 Å². The molecule has 96 valence electrons. The van der Waals surface area contributed by atoms with E-state index in [2.05, 4.69) is 18.8 Å². The van der Waals surface area contributed by atoms with Crippen LogP contribution in [0.2, 0.25) is 5.02 Å². The molecule has 2 aromatic rings. The fraction of sp³-hybridized carbons (Fsp3) is 0.308. The minimum atomic E-state index is 0.255. The topological polar surface area (TPSA) is 53.1 Å². The van der Waals surface area contributed by atoms with Crippen molar-refractivity contribution in [3.05, 3.63) is 41.2 Å². The van der Waals surface area contributed by atoms with Gasteiger partial charge in [-0.2, -0.15) is 0 Å². The number of halogens is 1. The van der Waals surface area contributed by atoms with E-state index in [1.807, 2.05) is 22.8 Å². The molecule has 0 atom stereocenters. The molecule has 0 spiro atoms. The van der Waals surface area contributed by atoms with Crippen LogP contribution in [0.5, 0.6) is 5.75 Å². The van der Waals surface area contributed by atoms with E-state index in [1.54, 1.807) is 12.3 Å². The number of nitrogens with two attached hydrogens (primary N) is 1. The second kappa shape index (κ2) is 5.31. The normalized spacial score (nSPS) is 10.9. The highest BCUT2D eigenvalue weighted by atomic mass is 35.5. The van der Waals surface area contributed by atoms with Gasteiger partial charge in [0.05, 0.1) is 11.9 Å². The average Bonchev–Trinajstić information content (AvgIpc) is 2.68. The van der Waals surface area contributed by atoms with Crippen molar-refractivity contribution < 1.29 is 4.74 Å². The molecule has 1 aromatic carbocycles. The Morgan fingerprint density at radius 1 is 1.44 bits per heavy atom. The van der Waals surface area contributed by atoms with Gasteiger partial charge >= 0.3 is 0 Å². The maximum absolute atomic E-state index is 5.89. The van der Waals surface area contributed by atoms with Crippen molar-refractivity contribution in [1.82, 2.24) is 9.55 Å². The highest BCUT2D eigenvalue weighted by Gasteiger charge is 2.10. The summed E-state index contributed by atoms with van der Waals surface area (Å²) < 4.78 is 7.63. The van der Waals surface area contributed by atoms with E-state index in [4.69, 9.17) is 22.1 Å². The number of nitrogens with zero attached hydrogens (tertiary/aromatic N) is 2. The summed E-state index contributed by atoms with van der Waals surface area (Å²) in [6, 6.07) is 7.56. The Bertz CT molecular complexity index is 537. The van der Waals surface area contributed by atoms with Crippen LogP contribution in [0.25, 0.3) is 0 Å². The lowest BCUT2D eigenvalue weighted by Gasteiger charge is -2.14. The molecule has 4 nitrogen and oxygen atoms in total. The van der Waals surface area contributed by atoms with Crippen LogP contribution in [0.1, 0.15) is 25.6 Å². The molecular weight excluding hydrogens is 250 g/mol. The summed E-state index contributed by atoms with van der Waals surface area (Å²) >= 11 is 5.89. The largest absolute Gasteiger partial charge is 0.487 e. The van der Waals surface area contributed by atoms with Crippen LogP contribution in [0.3, 0.4) is 0 Å². The summed E-state index contributed by atoms with van der Waals surface area (Å²) in [5.41, 5.74) is 6.76. The van der Waals surface area contributed by atoms with E-state index >= 15 is 0 Å². The molecule has 18 heavy (non-hydrogen) atoms. The molecule has 1 heterocycles. The van der Waals surface area contributed by atoms with Crippen LogP contribution in [-0.4, -0.2) is 9.55 Å². The van der Waals surface area contributed by atoms with Gasteiger partial charge in [0.25, 0.3) is 0 Å². The third kappa shape index (κ3) is 2.76. The maximum Gasteiger partial charge on any atom is 0.200 e. The predicted molar refractivity (Wildman–Crippen MR) is 72.8 cm³/mol. The Morgan fingerprint density at radius 2 is 2.22 bits per heavy atom. The maximum atomic E-state index is 5.89. The van der Waals surface area contributed by atoms with E-state index in [0.717, 1.165) is 11.4 Å². The molecule has 2 N–H and O–H groups in total. The zero-order valence-corrected chi connectivity index (χ0v) is 11.2. The molecular formula is C13H16ClN3O. The van der Waals surface area contributed by atoms with Crippen molar-refractivity contribution in [1.29, 1.82) is 0 Å². The molecule has 0 aliphatic heterocycles. The fourth-order valence-electron chi connectivity index (χ4n) is 1.83. The number of aromatic nitrogens is 2. The highest BCUT2D eigenvalue weighted by Crippen LogP contribution is 2.20. The molecule has 0 saturated heterocycles. The van der Waals surface area contributed by atoms with Crippen LogP contribution in [0.4, 0.5) is 5.95 Å². The van der Waals surface area contributed by atoms with Gasteiger partial charge in [0.15, 0.2) is 0 Å². The van der Waals surface area contributed by atoms with Crippen LogP contribution >= 0.6 is 11.6 Å². The molecule has 0 saturated carbocycles. The first kappa shape index (κ1) is 12.8. The second-order valence-corrected chi connectivity index (χ2v) is 4.75. The van der Waals surface area contributed by atoms with Crippen LogP contribution < -0.4 is 10.5 Å². The zero-order chi connectivity index (χ0) is 13.1. The third-order valence-corrected chi connectivity index (χ3v) is 2.84. The van der Waals surface area contributed by atoms with Gasteiger partial charge in [-0.3, -0.25) is 0 Å². The molecule has 5 heteroatoms. The molecule has 0 bridgehead atoms. The number of benzene rings is 1. The molecule has 0 radical (unpaired) electrons. The first-order valence-electron chi connectivity index (χ1n) is 5.78. The van der Waals surface area contributed by atoms with Crippen molar-refractivity contribution in [3.63, 3.8) is 0 Å². The molecule has 0 unspecified atom stereocenters. The smallest absolute Gasteiger partial charge is 0.200 e. The molecule has 1 aromatic heterocycles. The van der Waals surface area contributed by atoms with E-state index in [1.165, 1.54) is 0 Å². The zero-order valence-electron chi connectivity index (χ0n) is 10.4. The standard InChI is InChI=1S/C13H16ClN3O/c1-9(2)17-11(7-16-13(17)15)8-18-12-5-3-4-10(14)6-12/h3-7,9H,8H2,1-2H3,(H2,15,16). The van der Waals surface area contributed by atoms with Crippen molar-refractivity contribution in [3.8, 4) is 5.75 Å². The lowest BCUT2D eigenvalue weighted by atomic mass is 10.3. The number of rotatable bonds is 4. The van der Waals surface area contributed by atoms with Gasteiger partial charge in [-0.1, -0.05) is 17.7 Å². The van der Waals surface area contributed by atoms with E-state index in [9.17, 15) is 0 Å². The Hall–Kier alpha value is -1.68. The summed E-state index contributed by atoms with van der Waals surface area (Å²) in [6.07, 6.45) is 1.74. The molecule has 0 aliphatic carbocycles. The number of ether oxygens (including phenoxy) is 1. The summed E-state index contributed by atoms with van der Waals surface area (Å²) in [6.45, 7) is 4.53. The van der Waals surface area contributed by atoms with Gasteiger partial charge < -0.3 is 15.0 Å². The molecule has 2 rings (SSSR count). The SMILES string of the molecule is CC(C)n1c(COc2cccc(Cl)c2)cnc1N. The van der Waals surface area contributed by atoms with Crippen molar-refractivity contribution in [2.75, 3.05) is 5.73 Å². The van der Waals surface area contributed by atoms with E-state index in [-0.39, 0.29) is 6.04 Å². The fourth-order valence-corrected chi connectivity index (χ4v) is 2.01. The highest BCUT2D eigenvalue weighted by molar-refractivity contribution is 6.30. The van der Waals surface area contributed by atoms with Crippen molar-refractivity contribution in [2.45, 2.75) is 26.5 Å². The van der Waals surface area contributed by atoms with Crippen LogP contribution in [-0.2, 0) is 6.61 Å². The van der Waals surface area contributed by atoms with Crippen molar-refractivity contribution in [2.24, 2.45) is 0 Å². The minimum absolute atomic E-state index is 0.255. The lowest BCUT2D eigenvalue weighted by molar-refractivity contribution is 0.292. The number of hydrogen-bond donors (Lipinski definition) is 1. The van der Waals surface area contributed by atoms with Crippen molar-refractivity contribution >= 4 is 17.5 Å². The Labute approximate surface area is 111 Å². The summed E-state index contributed by atoms with van der Waals surface area (Å²) in [5, 5.41) is 0.657. The second-order valence-electron chi connectivity index (χ2n) is 4.32. The van der Waals surface area contributed by atoms with Crippen LogP contribution in [0.15, 0.2) is 30.5 Å². The van der Waals surface area contributed by atoms with Crippen LogP contribution in [0, 0.1) is 0 Å². The van der Waals surface area contributed by atoms with Gasteiger partial charge in [-0.25, -0.2) is 4.98 Å². The Balaban J connectivity index is 2.11. The third-order valence-electron chi connectivity index (χ3n) is 2.60. The number of anilines is 1. The summed E-state index contributed by atoms with van der Waals surface area (Å²) in [5.74, 6) is 1.24. The molecule has 0 fully saturated rings. The van der Waals surface area contributed by atoms with Gasteiger partial charge in [-0.15, -0.1) is 0 Å². The number of hydrogen-bond acceptors (Lipinski definition) is 3. The van der Waals surface area contributed by atoms with E-state index in [0.29, 0.717) is 17.6 Å². The average molecular weight is 266 g/mol. The first-order chi connectivity index (χ1) is 8.58. The monoisotopic (exact) mass is 265 g/mol. The van der Waals surface area contributed by atoms with Gasteiger partial charge in [-0.05, 0) is 32.0 Å².